The Bertz CT molecular complexity index is 604. The summed E-state index contributed by atoms with van der Waals surface area (Å²) in [5.74, 6) is -0.298. The summed E-state index contributed by atoms with van der Waals surface area (Å²) in [4.78, 5) is 25.3. The summed E-state index contributed by atoms with van der Waals surface area (Å²) in [6.07, 6.45) is 0. The Morgan fingerprint density at radius 2 is 1.91 bits per heavy atom. The van der Waals surface area contributed by atoms with Gasteiger partial charge in [0, 0.05) is 11.7 Å². The van der Waals surface area contributed by atoms with Gasteiger partial charge in [-0.05, 0) is 17.7 Å². The number of carboxylic acids is 1. The molecule has 126 valence electrons. The summed E-state index contributed by atoms with van der Waals surface area (Å²) in [7, 11) is 3.08. The quantitative estimate of drug-likeness (QED) is 0.798. The normalized spacial score (nSPS) is 20.7. The first kappa shape index (κ1) is 17.5. The zero-order valence-electron chi connectivity index (χ0n) is 13.6. The van der Waals surface area contributed by atoms with E-state index in [0.717, 1.165) is 5.56 Å². The fourth-order valence-electron chi connectivity index (χ4n) is 2.52. The number of methoxy groups -OCH3 is 2. The molecule has 0 spiro atoms. The van der Waals surface area contributed by atoms with E-state index in [1.807, 2.05) is 6.07 Å². The van der Waals surface area contributed by atoms with Crippen LogP contribution in [0.5, 0.6) is 11.5 Å². The molecule has 1 aliphatic heterocycles. The maximum absolute atomic E-state index is 12.5. The van der Waals surface area contributed by atoms with Gasteiger partial charge in [0.2, 0.25) is 5.91 Å². The van der Waals surface area contributed by atoms with E-state index >= 15 is 0 Å². The number of amides is 1. The summed E-state index contributed by atoms with van der Waals surface area (Å²) in [6, 6.07) is 4.42. The molecule has 0 aromatic heterocycles. The monoisotopic (exact) mass is 338 g/mol. The van der Waals surface area contributed by atoms with Gasteiger partial charge in [0.05, 0.1) is 26.2 Å². The lowest BCUT2D eigenvalue weighted by Gasteiger charge is -2.31. The number of ether oxygens (including phenoxy) is 2. The molecular formula is C16H20NO5S-. The highest BCUT2D eigenvalue weighted by molar-refractivity contribution is 7.99. The van der Waals surface area contributed by atoms with Crippen molar-refractivity contribution in [3.05, 3.63) is 23.8 Å². The maximum atomic E-state index is 12.5. The van der Waals surface area contributed by atoms with Gasteiger partial charge in [-0.15, -0.1) is 11.8 Å². The van der Waals surface area contributed by atoms with E-state index in [1.165, 1.54) is 23.8 Å². The topological polar surface area (TPSA) is 78.9 Å². The van der Waals surface area contributed by atoms with Crippen LogP contribution >= 0.6 is 11.8 Å². The number of carboxylic acid groups (broad SMARTS) is 1. The van der Waals surface area contributed by atoms with Crippen LogP contribution in [-0.2, 0) is 9.59 Å². The van der Waals surface area contributed by atoms with Crippen molar-refractivity contribution in [1.29, 1.82) is 0 Å². The summed E-state index contributed by atoms with van der Waals surface area (Å²) >= 11 is 1.41. The lowest BCUT2D eigenvalue weighted by atomic mass is 10.1. The first-order valence-electron chi connectivity index (χ1n) is 7.27. The molecule has 0 unspecified atom stereocenters. The minimum atomic E-state index is -1.23. The minimum absolute atomic E-state index is 0.205. The second kappa shape index (κ2) is 7.12. The van der Waals surface area contributed by atoms with Crippen LogP contribution in [0.25, 0.3) is 0 Å². The summed E-state index contributed by atoms with van der Waals surface area (Å²) in [5, 5.41) is 11.0. The highest BCUT2D eigenvalue weighted by Gasteiger charge is 2.40. The summed E-state index contributed by atoms with van der Waals surface area (Å²) < 4.78 is 10.5. The average molecular weight is 338 g/mol. The maximum Gasteiger partial charge on any atom is 0.226 e. The van der Waals surface area contributed by atoms with Gasteiger partial charge in [0.15, 0.2) is 11.5 Å². The Kier molecular flexibility index (Phi) is 5.41. The second-order valence-electron chi connectivity index (χ2n) is 5.54. The standard InChI is InChI=1S/C16H21NO5S/c1-9(2)14(18)17-11(16(19)20)8-23-15(17)10-5-6-12(21-3)13(7-10)22-4/h5-7,9,11,15H,8H2,1-4H3,(H,19,20)/p-1/t11-,15-/m1/s1. The van der Waals surface area contributed by atoms with Gasteiger partial charge >= 0.3 is 0 Å². The Labute approximate surface area is 139 Å². The minimum Gasteiger partial charge on any atom is -0.548 e. The molecule has 7 heteroatoms. The van der Waals surface area contributed by atoms with E-state index < -0.39 is 12.0 Å². The number of thioether (sulfide) groups is 1. The van der Waals surface area contributed by atoms with E-state index in [2.05, 4.69) is 0 Å². The Morgan fingerprint density at radius 1 is 1.26 bits per heavy atom. The summed E-state index contributed by atoms with van der Waals surface area (Å²) in [5.41, 5.74) is 0.797. The Balaban J connectivity index is 2.40. The molecule has 1 saturated heterocycles. The molecule has 0 radical (unpaired) electrons. The number of nitrogens with zero attached hydrogens (tertiary/aromatic N) is 1. The summed E-state index contributed by atoms with van der Waals surface area (Å²) in [6.45, 7) is 3.51. The molecule has 1 aromatic carbocycles. The van der Waals surface area contributed by atoms with E-state index in [1.54, 1.807) is 33.1 Å². The van der Waals surface area contributed by atoms with Crippen LogP contribution in [0.15, 0.2) is 18.2 Å². The Morgan fingerprint density at radius 3 is 2.43 bits per heavy atom. The smallest absolute Gasteiger partial charge is 0.226 e. The van der Waals surface area contributed by atoms with Crippen molar-refractivity contribution < 1.29 is 24.2 Å². The Hall–Kier alpha value is -1.89. The third-order valence-electron chi connectivity index (χ3n) is 3.71. The van der Waals surface area contributed by atoms with E-state index in [9.17, 15) is 14.7 Å². The molecule has 1 aromatic rings. The van der Waals surface area contributed by atoms with Gasteiger partial charge in [0.25, 0.3) is 0 Å². The lowest BCUT2D eigenvalue weighted by molar-refractivity contribution is -0.310. The molecule has 1 amide bonds. The molecule has 1 aliphatic rings. The number of hydrogen-bond acceptors (Lipinski definition) is 6. The highest BCUT2D eigenvalue weighted by atomic mass is 32.2. The van der Waals surface area contributed by atoms with Crippen LogP contribution in [-0.4, -0.2) is 42.8 Å². The van der Waals surface area contributed by atoms with Crippen molar-refractivity contribution in [2.24, 2.45) is 5.92 Å². The first-order valence-corrected chi connectivity index (χ1v) is 8.32. The first-order chi connectivity index (χ1) is 10.9. The molecule has 0 bridgehead atoms. The van der Waals surface area contributed by atoms with Gasteiger partial charge in [-0.25, -0.2) is 0 Å². The fraction of sp³-hybridized carbons (Fsp3) is 0.500. The van der Waals surface area contributed by atoms with Crippen molar-refractivity contribution >= 4 is 23.6 Å². The lowest BCUT2D eigenvalue weighted by Crippen LogP contribution is -2.50. The van der Waals surface area contributed by atoms with Crippen molar-refractivity contribution in [2.45, 2.75) is 25.3 Å². The van der Waals surface area contributed by atoms with Crippen LogP contribution in [0.3, 0.4) is 0 Å². The van der Waals surface area contributed by atoms with Crippen molar-refractivity contribution in [3.63, 3.8) is 0 Å². The highest BCUT2D eigenvalue weighted by Crippen LogP contribution is 2.44. The number of rotatable bonds is 5. The van der Waals surface area contributed by atoms with Crippen molar-refractivity contribution in [1.82, 2.24) is 4.90 Å². The van der Waals surface area contributed by atoms with E-state index in [4.69, 9.17) is 9.47 Å². The number of benzene rings is 1. The molecule has 2 rings (SSSR count). The van der Waals surface area contributed by atoms with E-state index in [0.29, 0.717) is 17.3 Å². The van der Waals surface area contributed by atoms with Crippen LogP contribution in [0.1, 0.15) is 24.8 Å². The number of aliphatic carboxylic acids is 1. The predicted octanol–water partition coefficient (Wildman–Crippen LogP) is 1.05. The van der Waals surface area contributed by atoms with Crippen LogP contribution < -0.4 is 14.6 Å². The molecule has 6 nitrogen and oxygen atoms in total. The van der Waals surface area contributed by atoms with Crippen molar-refractivity contribution in [2.75, 3.05) is 20.0 Å². The zero-order chi connectivity index (χ0) is 17.1. The van der Waals surface area contributed by atoms with Gasteiger partial charge in [-0.1, -0.05) is 19.9 Å². The van der Waals surface area contributed by atoms with Crippen LogP contribution in [0, 0.1) is 5.92 Å². The molecule has 1 heterocycles. The molecule has 23 heavy (non-hydrogen) atoms. The molecule has 2 atom stereocenters. The fourth-order valence-corrected chi connectivity index (χ4v) is 3.93. The number of hydrogen-bond donors (Lipinski definition) is 0. The van der Waals surface area contributed by atoms with Gasteiger partial charge in [-0.2, -0.15) is 0 Å². The van der Waals surface area contributed by atoms with Crippen molar-refractivity contribution in [3.8, 4) is 11.5 Å². The predicted molar refractivity (Wildman–Crippen MR) is 85.2 cm³/mol. The zero-order valence-corrected chi connectivity index (χ0v) is 14.4. The largest absolute Gasteiger partial charge is 0.548 e. The number of carbonyl (C=O) groups is 2. The third kappa shape index (κ3) is 3.39. The molecule has 0 N–H and O–H groups in total. The van der Waals surface area contributed by atoms with Gasteiger partial charge in [-0.3, -0.25) is 4.79 Å². The van der Waals surface area contributed by atoms with E-state index in [-0.39, 0.29) is 17.2 Å². The second-order valence-corrected chi connectivity index (χ2v) is 6.65. The SMILES string of the molecule is COc1ccc([C@H]2SC[C@H](C(=O)[O-])N2C(=O)C(C)C)cc1OC. The molecular weight excluding hydrogens is 318 g/mol. The molecule has 0 saturated carbocycles. The average Bonchev–Trinajstić information content (AvgIpc) is 2.98. The third-order valence-corrected chi connectivity index (χ3v) is 5.04. The molecule has 1 fully saturated rings. The number of carbonyl (C=O) groups excluding carboxylic acids is 2. The molecule has 0 aliphatic carbocycles. The van der Waals surface area contributed by atoms with Gasteiger partial charge < -0.3 is 24.3 Å². The van der Waals surface area contributed by atoms with Crippen LogP contribution in [0.4, 0.5) is 0 Å². The van der Waals surface area contributed by atoms with Gasteiger partial charge in [0.1, 0.15) is 5.37 Å². The van der Waals surface area contributed by atoms with Crippen LogP contribution in [0.2, 0.25) is 0 Å².